The molecule has 1 aromatic carbocycles. The Hall–Kier alpha value is -2.83. The van der Waals surface area contributed by atoms with Crippen molar-refractivity contribution in [2.45, 2.75) is 59.0 Å². The molecule has 1 fully saturated rings. The minimum absolute atomic E-state index is 0.213. The standard InChI is InChI=1S/C23H33N5O2/c1-4-24-23(25-13-12-21(29)28-14-6-5-7-18(28)3)26-15-20-16-30-22(27-20)19-10-8-17(2)9-11-19/h8-11,16,18H,4-7,12-15H2,1-3H3,(H2,24,25,26). The van der Waals surface area contributed by atoms with Gasteiger partial charge in [0.15, 0.2) is 5.96 Å². The van der Waals surface area contributed by atoms with Crippen molar-refractivity contribution in [2.75, 3.05) is 19.6 Å². The molecule has 1 amide bonds. The van der Waals surface area contributed by atoms with Crippen LogP contribution in [0.2, 0.25) is 0 Å². The molecule has 1 aliphatic heterocycles. The molecule has 2 N–H and O–H groups in total. The van der Waals surface area contributed by atoms with Crippen LogP contribution in [0, 0.1) is 6.92 Å². The van der Waals surface area contributed by atoms with Crippen molar-refractivity contribution < 1.29 is 9.21 Å². The molecule has 0 aliphatic carbocycles. The van der Waals surface area contributed by atoms with Crippen molar-refractivity contribution >= 4 is 11.9 Å². The Morgan fingerprint density at radius 2 is 2.07 bits per heavy atom. The molecule has 0 saturated carbocycles. The van der Waals surface area contributed by atoms with E-state index in [4.69, 9.17) is 4.42 Å². The van der Waals surface area contributed by atoms with Gasteiger partial charge >= 0.3 is 0 Å². The number of aromatic nitrogens is 1. The lowest BCUT2D eigenvalue weighted by Crippen LogP contribution is -2.44. The van der Waals surface area contributed by atoms with Gasteiger partial charge < -0.3 is 20.0 Å². The van der Waals surface area contributed by atoms with Gasteiger partial charge in [0, 0.05) is 37.7 Å². The number of amides is 1. The highest BCUT2D eigenvalue weighted by atomic mass is 16.3. The molecule has 0 spiro atoms. The summed E-state index contributed by atoms with van der Waals surface area (Å²) in [7, 11) is 0. The molecule has 1 aromatic heterocycles. The maximum atomic E-state index is 12.5. The van der Waals surface area contributed by atoms with Gasteiger partial charge in [-0.3, -0.25) is 4.79 Å². The molecule has 0 bridgehead atoms. The number of hydrogen-bond acceptors (Lipinski definition) is 4. The molecule has 7 heteroatoms. The van der Waals surface area contributed by atoms with Crippen molar-refractivity contribution in [2.24, 2.45) is 4.99 Å². The molecule has 3 rings (SSSR count). The lowest BCUT2D eigenvalue weighted by molar-refractivity contribution is -0.134. The van der Waals surface area contributed by atoms with E-state index in [0.29, 0.717) is 37.4 Å². The van der Waals surface area contributed by atoms with Crippen molar-refractivity contribution in [1.82, 2.24) is 20.5 Å². The van der Waals surface area contributed by atoms with Crippen molar-refractivity contribution in [3.05, 3.63) is 41.8 Å². The summed E-state index contributed by atoms with van der Waals surface area (Å²) in [6.45, 7) is 8.79. The maximum Gasteiger partial charge on any atom is 0.226 e. The third kappa shape index (κ3) is 6.08. The van der Waals surface area contributed by atoms with E-state index in [0.717, 1.165) is 37.2 Å². The number of carbonyl (C=O) groups excluding carboxylic acids is 1. The lowest BCUT2D eigenvalue weighted by atomic mass is 10.0. The number of piperidine rings is 1. The van der Waals surface area contributed by atoms with E-state index < -0.39 is 0 Å². The highest BCUT2D eigenvalue weighted by Gasteiger charge is 2.22. The number of benzene rings is 1. The summed E-state index contributed by atoms with van der Waals surface area (Å²) >= 11 is 0. The largest absolute Gasteiger partial charge is 0.444 e. The Bertz CT molecular complexity index is 844. The summed E-state index contributed by atoms with van der Waals surface area (Å²) in [5.41, 5.74) is 2.91. The second-order valence-corrected chi connectivity index (χ2v) is 7.81. The van der Waals surface area contributed by atoms with E-state index in [-0.39, 0.29) is 5.91 Å². The summed E-state index contributed by atoms with van der Waals surface area (Å²) in [6.07, 6.45) is 5.54. The summed E-state index contributed by atoms with van der Waals surface area (Å²) in [5, 5.41) is 6.47. The quantitative estimate of drug-likeness (QED) is 0.538. The molecule has 2 heterocycles. The van der Waals surface area contributed by atoms with E-state index in [9.17, 15) is 4.79 Å². The first-order valence-electron chi connectivity index (χ1n) is 10.9. The zero-order chi connectivity index (χ0) is 21.3. The van der Waals surface area contributed by atoms with Gasteiger partial charge in [0.25, 0.3) is 0 Å². The van der Waals surface area contributed by atoms with E-state index in [1.165, 1.54) is 12.0 Å². The Morgan fingerprint density at radius 1 is 1.27 bits per heavy atom. The van der Waals surface area contributed by atoms with Crippen LogP contribution in [0.25, 0.3) is 11.5 Å². The van der Waals surface area contributed by atoms with Crippen molar-refractivity contribution in [3.63, 3.8) is 0 Å². The molecule has 2 aromatic rings. The number of aliphatic imine (C=N–C) groups is 1. The van der Waals surface area contributed by atoms with Crippen LogP contribution in [-0.2, 0) is 11.3 Å². The zero-order valence-corrected chi connectivity index (χ0v) is 18.3. The Labute approximate surface area is 179 Å². The Balaban J connectivity index is 1.52. The van der Waals surface area contributed by atoms with E-state index in [1.54, 1.807) is 6.26 Å². The molecule has 7 nitrogen and oxygen atoms in total. The first-order chi connectivity index (χ1) is 14.6. The average Bonchev–Trinajstić information content (AvgIpc) is 3.22. The fraction of sp³-hybridized carbons (Fsp3) is 0.522. The average molecular weight is 412 g/mol. The molecular formula is C23H33N5O2. The van der Waals surface area contributed by atoms with Crippen LogP contribution in [0.1, 0.15) is 50.8 Å². The number of oxazole rings is 1. The lowest BCUT2D eigenvalue weighted by Gasteiger charge is -2.33. The van der Waals surface area contributed by atoms with Gasteiger partial charge in [-0.15, -0.1) is 0 Å². The highest BCUT2D eigenvalue weighted by molar-refractivity contribution is 5.81. The van der Waals surface area contributed by atoms with E-state index in [2.05, 4.69) is 34.5 Å². The summed E-state index contributed by atoms with van der Waals surface area (Å²) in [5.74, 6) is 1.49. The van der Waals surface area contributed by atoms with Gasteiger partial charge in [-0.25, -0.2) is 9.98 Å². The zero-order valence-electron chi connectivity index (χ0n) is 18.3. The van der Waals surface area contributed by atoms with Crippen LogP contribution in [0.3, 0.4) is 0 Å². The topological polar surface area (TPSA) is 82.8 Å². The van der Waals surface area contributed by atoms with Crippen LogP contribution in [0.15, 0.2) is 39.9 Å². The number of rotatable bonds is 7. The van der Waals surface area contributed by atoms with Crippen molar-refractivity contribution in [3.8, 4) is 11.5 Å². The van der Waals surface area contributed by atoms with E-state index in [1.807, 2.05) is 36.1 Å². The highest BCUT2D eigenvalue weighted by Crippen LogP contribution is 2.19. The van der Waals surface area contributed by atoms with Crippen molar-refractivity contribution in [1.29, 1.82) is 0 Å². The molecule has 1 atom stereocenters. The molecule has 162 valence electrons. The van der Waals surface area contributed by atoms with Crippen LogP contribution < -0.4 is 10.6 Å². The number of aryl methyl sites for hydroxylation is 1. The second-order valence-electron chi connectivity index (χ2n) is 7.81. The minimum atomic E-state index is 0.213. The van der Waals surface area contributed by atoms with Gasteiger partial charge in [0.2, 0.25) is 11.8 Å². The van der Waals surface area contributed by atoms with Gasteiger partial charge in [0.05, 0.1) is 6.54 Å². The van der Waals surface area contributed by atoms with Gasteiger partial charge in [0.1, 0.15) is 12.0 Å². The van der Waals surface area contributed by atoms with Gasteiger partial charge in [-0.05, 0) is 52.2 Å². The third-order valence-corrected chi connectivity index (χ3v) is 5.35. The fourth-order valence-corrected chi connectivity index (χ4v) is 3.61. The van der Waals surface area contributed by atoms with Gasteiger partial charge in [-0.2, -0.15) is 0 Å². The predicted octanol–water partition coefficient (Wildman–Crippen LogP) is 3.50. The van der Waals surface area contributed by atoms with Crippen LogP contribution in [0.5, 0.6) is 0 Å². The maximum absolute atomic E-state index is 12.5. The van der Waals surface area contributed by atoms with Crippen LogP contribution in [0.4, 0.5) is 0 Å². The Morgan fingerprint density at radius 3 is 2.80 bits per heavy atom. The van der Waals surface area contributed by atoms with Crippen LogP contribution >= 0.6 is 0 Å². The first kappa shape index (κ1) is 21.9. The normalized spacial score (nSPS) is 17.1. The van der Waals surface area contributed by atoms with Gasteiger partial charge in [-0.1, -0.05) is 17.7 Å². The minimum Gasteiger partial charge on any atom is -0.444 e. The molecular weight excluding hydrogens is 378 g/mol. The molecule has 1 saturated heterocycles. The fourth-order valence-electron chi connectivity index (χ4n) is 3.61. The third-order valence-electron chi connectivity index (χ3n) is 5.35. The smallest absolute Gasteiger partial charge is 0.226 e. The SMILES string of the molecule is CCNC(=NCc1coc(-c2ccc(C)cc2)n1)NCCC(=O)N1CCCCC1C. The summed E-state index contributed by atoms with van der Waals surface area (Å²) < 4.78 is 5.60. The summed E-state index contributed by atoms with van der Waals surface area (Å²) in [6, 6.07) is 8.43. The summed E-state index contributed by atoms with van der Waals surface area (Å²) in [4.78, 5) is 23.6. The number of nitrogens with zero attached hydrogens (tertiary/aromatic N) is 3. The molecule has 0 radical (unpaired) electrons. The number of likely N-dealkylation sites (tertiary alicyclic amines) is 1. The first-order valence-corrected chi connectivity index (χ1v) is 10.9. The van der Waals surface area contributed by atoms with E-state index >= 15 is 0 Å². The number of nitrogens with one attached hydrogen (secondary N) is 2. The number of guanidine groups is 1. The molecule has 30 heavy (non-hydrogen) atoms. The Kier molecular flexibility index (Phi) is 7.88. The number of carbonyl (C=O) groups is 1. The van der Waals surface area contributed by atoms with Crippen LogP contribution in [-0.4, -0.2) is 47.4 Å². The number of hydrogen-bond donors (Lipinski definition) is 2. The predicted molar refractivity (Wildman–Crippen MR) is 119 cm³/mol. The molecule has 1 unspecified atom stereocenters. The molecule has 1 aliphatic rings. The second kappa shape index (κ2) is 10.8. The monoisotopic (exact) mass is 411 g/mol.